The summed E-state index contributed by atoms with van der Waals surface area (Å²) in [7, 11) is 0. The van der Waals surface area contributed by atoms with Gasteiger partial charge in [-0.25, -0.2) is 9.78 Å². The first kappa shape index (κ1) is 12.9. The number of pyridine rings is 1. The van der Waals surface area contributed by atoms with Crippen molar-refractivity contribution >= 4 is 23.4 Å². The zero-order valence-electron chi connectivity index (χ0n) is 8.88. The van der Waals surface area contributed by atoms with Crippen molar-refractivity contribution in [2.24, 2.45) is 0 Å². The monoisotopic (exact) mass is 280 g/mol. The highest BCUT2D eigenvalue weighted by Crippen LogP contribution is 2.51. The van der Waals surface area contributed by atoms with Gasteiger partial charge < -0.3 is 10.4 Å². The number of hydrogen-bond donors (Lipinski definition) is 2. The molecule has 0 unspecified atom stereocenters. The van der Waals surface area contributed by atoms with Gasteiger partial charge >= 0.3 is 12.1 Å². The zero-order chi connectivity index (χ0) is 13.6. The van der Waals surface area contributed by atoms with Crippen molar-refractivity contribution in [3.63, 3.8) is 0 Å². The number of aromatic carboxylic acids is 1. The summed E-state index contributed by atoms with van der Waals surface area (Å²) in [4.78, 5) is 14.4. The maximum absolute atomic E-state index is 12.7. The number of alkyl halides is 3. The van der Waals surface area contributed by atoms with Crippen molar-refractivity contribution < 1.29 is 23.1 Å². The van der Waals surface area contributed by atoms with E-state index in [4.69, 9.17) is 16.7 Å². The molecule has 0 atom stereocenters. The third-order valence-corrected chi connectivity index (χ3v) is 3.15. The van der Waals surface area contributed by atoms with E-state index in [-0.39, 0.29) is 29.2 Å². The maximum atomic E-state index is 12.7. The van der Waals surface area contributed by atoms with E-state index in [0.29, 0.717) is 0 Å². The molecule has 18 heavy (non-hydrogen) atoms. The molecule has 98 valence electrons. The number of rotatable bonds is 3. The molecule has 2 rings (SSSR count). The van der Waals surface area contributed by atoms with Crippen LogP contribution in [-0.2, 0) is 0 Å². The first-order valence-electron chi connectivity index (χ1n) is 4.99. The molecule has 1 saturated carbocycles. The Bertz CT molecular complexity index is 500. The normalized spacial score (nSPS) is 17.3. The lowest BCUT2D eigenvalue weighted by Crippen LogP contribution is -2.39. The van der Waals surface area contributed by atoms with Crippen molar-refractivity contribution in [2.45, 2.75) is 24.6 Å². The highest BCUT2D eigenvalue weighted by molar-refractivity contribution is 6.35. The summed E-state index contributed by atoms with van der Waals surface area (Å²) in [5, 5.41) is 10.7. The number of halogens is 4. The van der Waals surface area contributed by atoms with Crippen LogP contribution in [0.5, 0.6) is 0 Å². The fourth-order valence-corrected chi connectivity index (χ4v) is 1.77. The molecule has 1 fully saturated rings. The van der Waals surface area contributed by atoms with Crippen molar-refractivity contribution in [3.05, 3.63) is 22.8 Å². The van der Waals surface area contributed by atoms with E-state index in [0.717, 1.165) is 12.3 Å². The molecule has 0 aromatic carbocycles. The summed E-state index contributed by atoms with van der Waals surface area (Å²) in [5.74, 6) is -1.58. The Morgan fingerprint density at radius 3 is 2.56 bits per heavy atom. The number of carboxylic acid groups (broad SMARTS) is 1. The van der Waals surface area contributed by atoms with Crippen LogP contribution in [0.1, 0.15) is 23.2 Å². The second kappa shape index (κ2) is 4.01. The number of hydrogen-bond acceptors (Lipinski definition) is 3. The van der Waals surface area contributed by atoms with Crippen molar-refractivity contribution in [2.75, 3.05) is 5.32 Å². The average Bonchev–Trinajstić information content (AvgIpc) is 3.01. The molecule has 1 aromatic heterocycles. The molecule has 1 heterocycles. The molecule has 0 radical (unpaired) electrons. The molecule has 1 aliphatic carbocycles. The standard InChI is InChI=1S/C10H8ClF3N2O2/c11-6-5(8(17)18)1-4-15-7(6)16-9(2-3-9)10(12,13)14/h1,4H,2-3H2,(H,15,16)(H,17,18). The summed E-state index contributed by atoms with van der Waals surface area (Å²) in [6.45, 7) is 0. The van der Waals surface area contributed by atoms with Crippen LogP contribution in [0.25, 0.3) is 0 Å². The smallest absolute Gasteiger partial charge is 0.411 e. The van der Waals surface area contributed by atoms with Crippen LogP contribution in [-0.4, -0.2) is 27.8 Å². The quantitative estimate of drug-likeness (QED) is 0.893. The summed E-state index contributed by atoms with van der Waals surface area (Å²) in [5.41, 5.74) is -2.31. The van der Waals surface area contributed by atoms with E-state index >= 15 is 0 Å². The van der Waals surface area contributed by atoms with Crippen LogP contribution >= 0.6 is 11.6 Å². The summed E-state index contributed by atoms with van der Waals surface area (Å²) in [6, 6.07) is 1.13. The van der Waals surface area contributed by atoms with Gasteiger partial charge in [0.1, 0.15) is 11.4 Å². The van der Waals surface area contributed by atoms with Gasteiger partial charge in [-0.3, -0.25) is 0 Å². The number of anilines is 1. The first-order chi connectivity index (χ1) is 8.27. The Labute approximate surface area is 105 Å². The second-order valence-corrected chi connectivity index (χ2v) is 4.41. The Morgan fingerprint density at radius 2 is 2.11 bits per heavy atom. The number of carboxylic acids is 1. The van der Waals surface area contributed by atoms with Gasteiger partial charge in [-0.2, -0.15) is 13.2 Å². The van der Waals surface area contributed by atoms with Crippen LogP contribution in [0.2, 0.25) is 5.02 Å². The maximum Gasteiger partial charge on any atom is 0.411 e. The highest BCUT2D eigenvalue weighted by atomic mass is 35.5. The zero-order valence-corrected chi connectivity index (χ0v) is 9.64. The van der Waals surface area contributed by atoms with Gasteiger partial charge in [-0.1, -0.05) is 11.6 Å². The highest BCUT2D eigenvalue weighted by Gasteiger charge is 2.63. The largest absolute Gasteiger partial charge is 0.478 e. The van der Waals surface area contributed by atoms with Gasteiger partial charge in [-0.15, -0.1) is 0 Å². The molecule has 0 amide bonds. The van der Waals surface area contributed by atoms with Crippen LogP contribution in [0.4, 0.5) is 19.0 Å². The minimum absolute atomic E-state index is 0.0776. The lowest BCUT2D eigenvalue weighted by molar-refractivity contribution is -0.151. The minimum Gasteiger partial charge on any atom is -0.478 e. The SMILES string of the molecule is O=C(O)c1ccnc(NC2(C(F)(F)F)CC2)c1Cl. The fourth-order valence-electron chi connectivity index (χ4n) is 1.53. The van der Waals surface area contributed by atoms with Crippen LogP contribution in [0.3, 0.4) is 0 Å². The number of nitrogens with one attached hydrogen (secondary N) is 1. The number of aromatic nitrogens is 1. The van der Waals surface area contributed by atoms with Crippen molar-refractivity contribution in [3.8, 4) is 0 Å². The fraction of sp³-hybridized carbons (Fsp3) is 0.400. The van der Waals surface area contributed by atoms with E-state index < -0.39 is 17.7 Å². The molecule has 0 aliphatic heterocycles. The van der Waals surface area contributed by atoms with Gasteiger partial charge in [0.15, 0.2) is 0 Å². The van der Waals surface area contributed by atoms with Gasteiger partial charge in [0.05, 0.1) is 10.6 Å². The third kappa shape index (κ3) is 2.10. The number of carbonyl (C=O) groups is 1. The van der Waals surface area contributed by atoms with Gasteiger partial charge in [-0.05, 0) is 18.9 Å². The minimum atomic E-state index is -4.42. The Balaban J connectivity index is 2.31. The summed E-state index contributed by atoms with van der Waals surface area (Å²) < 4.78 is 38.2. The Kier molecular flexibility index (Phi) is 2.89. The first-order valence-corrected chi connectivity index (χ1v) is 5.37. The van der Waals surface area contributed by atoms with Gasteiger partial charge in [0.25, 0.3) is 0 Å². The molecule has 1 aliphatic rings. The van der Waals surface area contributed by atoms with Crippen molar-refractivity contribution in [1.29, 1.82) is 0 Å². The predicted molar refractivity (Wildman–Crippen MR) is 57.8 cm³/mol. The Morgan fingerprint density at radius 1 is 1.50 bits per heavy atom. The summed E-state index contributed by atoms with van der Waals surface area (Å²) in [6.07, 6.45) is -3.47. The van der Waals surface area contributed by atoms with Crippen LogP contribution < -0.4 is 5.32 Å². The van der Waals surface area contributed by atoms with E-state index in [1.165, 1.54) is 0 Å². The molecule has 0 saturated heterocycles. The van der Waals surface area contributed by atoms with E-state index in [1.54, 1.807) is 0 Å². The van der Waals surface area contributed by atoms with Gasteiger partial charge in [0, 0.05) is 6.20 Å². The average molecular weight is 281 g/mol. The van der Waals surface area contributed by atoms with Crippen molar-refractivity contribution in [1.82, 2.24) is 4.98 Å². The third-order valence-electron chi connectivity index (χ3n) is 2.77. The lowest BCUT2D eigenvalue weighted by atomic mass is 10.2. The molecule has 0 bridgehead atoms. The van der Waals surface area contributed by atoms with Crippen LogP contribution in [0, 0.1) is 0 Å². The molecule has 1 aromatic rings. The molecule has 0 spiro atoms. The molecule has 4 nitrogen and oxygen atoms in total. The van der Waals surface area contributed by atoms with Crippen LogP contribution in [0.15, 0.2) is 12.3 Å². The van der Waals surface area contributed by atoms with E-state index in [9.17, 15) is 18.0 Å². The summed E-state index contributed by atoms with van der Waals surface area (Å²) >= 11 is 5.71. The molecular weight excluding hydrogens is 273 g/mol. The number of nitrogens with zero attached hydrogens (tertiary/aromatic N) is 1. The molecule has 8 heteroatoms. The van der Waals surface area contributed by atoms with E-state index in [2.05, 4.69) is 10.3 Å². The lowest BCUT2D eigenvalue weighted by Gasteiger charge is -2.22. The molecule has 2 N–H and O–H groups in total. The topological polar surface area (TPSA) is 62.2 Å². The predicted octanol–water partition coefficient (Wildman–Crippen LogP) is 2.94. The van der Waals surface area contributed by atoms with Gasteiger partial charge in [0.2, 0.25) is 0 Å². The second-order valence-electron chi connectivity index (χ2n) is 4.03. The van der Waals surface area contributed by atoms with E-state index in [1.807, 2.05) is 0 Å². The molecular formula is C10H8ClF3N2O2. The Hall–Kier alpha value is -1.50.